The minimum Gasteiger partial charge on any atom is -0.493 e. The van der Waals surface area contributed by atoms with Gasteiger partial charge in [-0.3, -0.25) is 4.79 Å². The maximum atomic E-state index is 14.2. The van der Waals surface area contributed by atoms with E-state index >= 15 is 0 Å². The van der Waals surface area contributed by atoms with Crippen molar-refractivity contribution < 1.29 is 28.1 Å². The van der Waals surface area contributed by atoms with Crippen LogP contribution in [0.1, 0.15) is 37.3 Å². The van der Waals surface area contributed by atoms with E-state index in [2.05, 4.69) is 11.7 Å². The number of aryl methyl sites for hydroxylation is 1. The molecule has 6 heteroatoms. The summed E-state index contributed by atoms with van der Waals surface area (Å²) >= 11 is 0. The number of para-hydroxylation sites is 1. The van der Waals surface area contributed by atoms with Gasteiger partial charge < -0.3 is 18.9 Å². The van der Waals surface area contributed by atoms with E-state index in [9.17, 15) is 9.18 Å². The van der Waals surface area contributed by atoms with Gasteiger partial charge in [-0.15, -0.1) is 0 Å². The van der Waals surface area contributed by atoms with E-state index in [1.54, 1.807) is 12.1 Å². The SMILES string of the molecule is CCCc1cc(Oc2ccccc2)ccc1OCCCCOc1ccc(CC(=O)OC)cc1F. The van der Waals surface area contributed by atoms with Gasteiger partial charge in [0, 0.05) is 0 Å². The van der Waals surface area contributed by atoms with Gasteiger partial charge in [0.25, 0.3) is 0 Å². The van der Waals surface area contributed by atoms with E-state index in [0.717, 1.165) is 48.5 Å². The molecule has 0 aliphatic carbocycles. The Hall–Kier alpha value is -3.54. The molecule has 3 aromatic carbocycles. The van der Waals surface area contributed by atoms with E-state index in [4.69, 9.17) is 14.2 Å². The summed E-state index contributed by atoms with van der Waals surface area (Å²) in [5.41, 5.74) is 1.66. The normalized spacial score (nSPS) is 10.6. The molecule has 0 amide bonds. The Morgan fingerprint density at radius 3 is 2.24 bits per heavy atom. The van der Waals surface area contributed by atoms with E-state index in [0.29, 0.717) is 18.8 Å². The van der Waals surface area contributed by atoms with Crippen LogP contribution < -0.4 is 14.2 Å². The number of unbranched alkanes of at least 4 members (excludes halogenated alkanes) is 1. The van der Waals surface area contributed by atoms with Gasteiger partial charge in [0.2, 0.25) is 0 Å². The summed E-state index contributed by atoms with van der Waals surface area (Å²) in [5, 5.41) is 0. The molecule has 0 heterocycles. The molecular weight excluding hydrogens is 435 g/mol. The minimum atomic E-state index is -0.486. The number of ether oxygens (including phenoxy) is 4. The van der Waals surface area contributed by atoms with Crippen molar-refractivity contribution >= 4 is 5.97 Å². The summed E-state index contributed by atoms with van der Waals surface area (Å²) in [7, 11) is 1.31. The van der Waals surface area contributed by atoms with Gasteiger partial charge in [-0.2, -0.15) is 0 Å². The van der Waals surface area contributed by atoms with Gasteiger partial charge in [-0.25, -0.2) is 4.39 Å². The summed E-state index contributed by atoms with van der Waals surface area (Å²) in [6, 6.07) is 20.1. The summed E-state index contributed by atoms with van der Waals surface area (Å²) in [6.07, 6.45) is 3.43. The van der Waals surface area contributed by atoms with Gasteiger partial charge in [-0.05, 0) is 72.9 Å². The maximum Gasteiger partial charge on any atom is 0.309 e. The molecule has 5 nitrogen and oxygen atoms in total. The number of hydrogen-bond donors (Lipinski definition) is 0. The first-order valence-corrected chi connectivity index (χ1v) is 11.6. The number of carbonyl (C=O) groups is 1. The second-order valence-electron chi connectivity index (χ2n) is 7.86. The first-order valence-electron chi connectivity index (χ1n) is 11.6. The van der Waals surface area contributed by atoms with Crippen LogP contribution in [0, 0.1) is 5.82 Å². The Morgan fingerprint density at radius 1 is 0.853 bits per heavy atom. The molecule has 0 bridgehead atoms. The second-order valence-corrected chi connectivity index (χ2v) is 7.86. The molecule has 0 atom stereocenters. The zero-order valence-corrected chi connectivity index (χ0v) is 19.7. The molecule has 34 heavy (non-hydrogen) atoms. The van der Waals surface area contributed by atoms with Crippen LogP contribution in [0.4, 0.5) is 4.39 Å². The number of carbonyl (C=O) groups excluding carboxylic acids is 1. The van der Waals surface area contributed by atoms with Gasteiger partial charge in [0.1, 0.15) is 17.2 Å². The molecule has 0 unspecified atom stereocenters. The third-order valence-electron chi connectivity index (χ3n) is 5.16. The lowest BCUT2D eigenvalue weighted by atomic mass is 10.1. The Bertz CT molecular complexity index is 1050. The highest BCUT2D eigenvalue weighted by Crippen LogP contribution is 2.29. The Balaban J connectivity index is 1.44. The van der Waals surface area contributed by atoms with Crippen molar-refractivity contribution in [3.05, 3.63) is 83.7 Å². The number of methoxy groups -OCH3 is 1. The number of halogens is 1. The molecule has 0 aliphatic heterocycles. The molecule has 0 fully saturated rings. The fourth-order valence-electron chi connectivity index (χ4n) is 3.43. The molecule has 0 radical (unpaired) electrons. The number of esters is 1. The predicted molar refractivity (Wildman–Crippen MR) is 129 cm³/mol. The van der Waals surface area contributed by atoms with Crippen LogP contribution in [0.25, 0.3) is 0 Å². The predicted octanol–water partition coefficient (Wildman–Crippen LogP) is 6.52. The highest BCUT2D eigenvalue weighted by molar-refractivity contribution is 5.72. The van der Waals surface area contributed by atoms with Crippen LogP contribution in [0.5, 0.6) is 23.0 Å². The highest BCUT2D eigenvalue weighted by Gasteiger charge is 2.09. The van der Waals surface area contributed by atoms with Crippen LogP contribution in [-0.2, 0) is 22.4 Å². The monoisotopic (exact) mass is 466 g/mol. The largest absolute Gasteiger partial charge is 0.493 e. The average Bonchev–Trinajstić information content (AvgIpc) is 2.84. The molecule has 0 N–H and O–H groups in total. The van der Waals surface area contributed by atoms with Crippen LogP contribution in [0.15, 0.2) is 66.7 Å². The number of rotatable bonds is 13. The van der Waals surface area contributed by atoms with Crippen molar-refractivity contribution in [3.8, 4) is 23.0 Å². The number of hydrogen-bond acceptors (Lipinski definition) is 5. The molecule has 0 spiro atoms. The summed E-state index contributed by atoms with van der Waals surface area (Å²) in [4.78, 5) is 11.3. The van der Waals surface area contributed by atoms with Crippen molar-refractivity contribution in [2.24, 2.45) is 0 Å². The van der Waals surface area contributed by atoms with Gasteiger partial charge in [-0.1, -0.05) is 37.6 Å². The Kier molecular flexibility index (Phi) is 9.77. The molecule has 180 valence electrons. The molecule has 0 saturated heterocycles. The van der Waals surface area contributed by atoms with Gasteiger partial charge in [0.05, 0.1) is 26.7 Å². The van der Waals surface area contributed by atoms with Crippen LogP contribution in [0.3, 0.4) is 0 Å². The lowest BCUT2D eigenvalue weighted by Gasteiger charge is -2.14. The third-order valence-corrected chi connectivity index (χ3v) is 5.16. The molecule has 0 saturated carbocycles. The quantitative estimate of drug-likeness (QED) is 0.212. The Morgan fingerprint density at radius 2 is 1.56 bits per heavy atom. The summed E-state index contributed by atoms with van der Waals surface area (Å²) in [5.74, 6) is 1.72. The van der Waals surface area contributed by atoms with E-state index < -0.39 is 11.8 Å². The van der Waals surface area contributed by atoms with E-state index in [-0.39, 0.29) is 12.2 Å². The maximum absolute atomic E-state index is 14.2. The third kappa shape index (κ3) is 7.80. The second kappa shape index (κ2) is 13.2. The average molecular weight is 467 g/mol. The topological polar surface area (TPSA) is 54.0 Å². The molecular formula is C28H31FO5. The van der Waals surface area contributed by atoms with E-state index in [1.165, 1.54) is 13.2 Å². The van der Waals surface area contributed by atoms with E-state index in [1.807, 2.05) is 48.5 Å². The standard InChI is InChI=1S/C28H31FO5/c1-3-9-22-20-24(34-23-10-5-4-6-11-23)13-15-26(22)32-16-7-8-17-33-27-14-12-21(18-25(27)29)19-28(30)31-2/h4-6,10-15,18,20H,3,7-9,16-17,19H2,1-2H3. The zero-order valence-electron chi connectivity index (χ0n) is 19.7. The van der Waals surface area contributed by atoms with Crippen molar-refractivity contribution in [2.45, 2.75) is 39.0 Å². The fourth-order valence-corrected chi connectivity index (χ4v) is 3.43. The molecule has 3 rings (SSSR count). The lowest BCUT2D eigenvalue weighted by molar-refractivity contribution is -0.139. The van der Waals surface area contributed by atoms with Gasteiger partial charge >= 0.3 is 5.97 Å². The highest BCUT2D eigenvalue weighted by atomic mass is 19.1. The summed E-state index contributed by atoms with van der Waals surface area (Å²) < 4.78 is 36.3. The van der Waals surface area contributed by atoms with Crippen molar-refractivity contribution in [2.75, 3.05) is 20.3 Å². The Labute approximate surface area is 200 Å². The fraction of sp³-hybridized carbons (Fsp3) is 0.321. The van der Waals surface area contributed by atoms with Crippen LogP contribution in [0.2, 0.25) is 0 Å². The van der Waals surface area contributed by atoms with Crippen molar-refractivity contribution in [3.63, 3.8) is 0 Å². The first-order chi connectivity index (χ1) is 16.6. The van der Waals surface area contributed by atoms with Crippen molar-refractivity contribution in [1.29, 1.82) is 0 Å². The van der Waals surface area contributed by atoms with Crippen LogP contribution in [-0.4, -0.2) is 26.3 Å². The van der Waals surface area contributed by atoms with Crippen LogP contribution >= 0.6 is 0 Å². The minimum absolute atomic E-state index is 0.0322. The van der Waals surface area contributed by atoms with Crippen molar-refractivity contribution in [1.82, 2.24) is 0 Å². The first kappa shape index (κ1) is 25.1. The van der Waals surface area contributed by atoms with Gasteiger partial charge in [0.15, 0.2) is 11.6 Å². The smallest absolute Gasteiger partial charge is 0.309 e. The molecule has 0 aliphatic rings. The molecule has 3 aromatic rings. The zero-order chi connectivity index (χ0) is 24.2. The summed E-state index contributed by atoms with van der Waals surface area (Å²) in [6.45, 7) is 3.05. The lowest BCUT2D eigenvalue weighted by Crippen LogP contribution is -2.06. The molecule has 0 aromatic heterocycles. The number of benzene rings is 3.